The van der Waals surface area contributed by atoms with E-state index in [0.29, 0.717) is 11.4 Å². The molecule has 7 nitrogen and oxygen atoms in total. The van der Waals surface area contributed by atoms with Gasteiger partial charge in [-0.15, -0.1) is 0 Å². The van der Waals surface area contributed by atoms with E-state index in [9.17, 15) is 15.0 Å². The Morgan fingerprint density at radius 3 is 2.75 bits per heavy atom. The van der Waals surface area contributed by atoms with Crippen LogP contribution in [0.3, 0.4) is 0 Å². The van der Waals surface area contributed by atoms with E-state index in [1.54, 1.807) is 48.9 Å². The Hall–Kier alpha value is -3.19. The van der Waals surface area contributed by atoms with E-state index in [4.69, 9.17) is 4.42 Å². The molecule has 0 aromatic carbocycles. The highest BCUT2D eigenvalue weighted by Crippen LogP contribution is 2.30. The van der Waals surface area contributed by atoms with Crippen LogP contribution in [-0.4, -0.2) is 20.2 Å². The molecule has 0 aliphatic rings. The van der Waals surface area contributed by atoms with Crippen molar-refractivity contribution >= 4 is 5.82 Å². The lowest BCUT2D eigenvalue weighted by Gasteiger charge is -2.19. The fourth-order valence-corrected chi connectivity index (χ4v) is 2.27. The summed E-state index contributed by atoms with van der Waals surface area (Å²) in [4.78, 5) is 20.2. The van der Waals surface area contributed by atoms with E-state index in [2.05, 4.69) is 15.3 Å². The van der Waals surface area contributed by atoms with E-state index >= 15 is 0 Å². The van der Waals surface area contributed by atoms with Gasteiger partial charge in [0, 0.05) is 30.2 Å². The summed E-state index contributed by atoms with van der Waals surface area (Å²) < 4.78 is 5.51. The lowest BCUT2D eigenvalue weighted by molar-refractivity contribution is 0.234. The van der Waals surface area contributed by atoms with Gasteiger partial charge in [-0.2, -0.15) is 0 Å². The van der Waals surface area contributed by atoms with Crippen molar-refractivity contribution in [3.63, 3.8) is 0 Å². The van der Waals surface area contributed by atoms with Gasteiger partial charge in [0.2, 0.25) is 11.2 Å². The second-order valence-corrected chi connectivity index (χ2v) is 5.03. The molecule has 3 N–H and O–H groups in total. The maximum absolute atomic E-state index is 11.9. The van der Waals surface area contributed by atoms with Gasteiger partial charge in [-0.05, 0) is 18.2 Å². The zero-order valence-corrected chi connectivity index (χ0v) is 12.6. The molecule has 0 amide bonds. The third-order valence-corrected chi connectivity index (χ3v) is 3.39. The van der Waals surface area contributed by atoms with Gasteiger partial charge in [-0.3, -0.25) is 9.78 Å². The number of nitrogens with zero attached hydrogens (tertiary/aromatic N) is 2. The predicted octanol–water partition coefficient (Wildman–Crippen LogP) is 1.83. The highest BCUT2D eigenvalue weighted by atomic mass is 16.4. The van der Waals surface area contributed by atoms with Crippen molar-refractivity contribution in [2.24, 2.45) is 0 Å². The number of anilines is 1. The number of aliphatic hydroxyl groups is 1. The highest BCUT2D eigenvalue weighted by molar-refractivity contribution is 5.44. The summed E-state index contributed by atoms with van der Waals surface area (Å²) >= 11 is 0. The van der Waals surface area contributed by atoms with Crippen LogP contribution in [0.5, 0.6) is 5.75 Å². The number of hydrogen-bond acceptors (Lipinski definition) is 7. The Morgan fingerprint density at radius 2 is 2.08 bits per heavy atom. The van der Waals surface area contributed by atoms with Gasteiger partial charge >= 0.3 is 0 Å². The van der Waals surface area contributed by atoms with E-state index in [0.717, 1.165) is 6.07 Å². The number of nitrogens with one attached hydrogen (secondary N) is 1. The fourth-order valence-electron chi connectivity index (χ4n) is 2.27. The van der Waals surface area contributed by atoms with Crippen LogP contribution < -0.4 is 10.7 Å². The largest absolute Gasteiger partial charge is 0.502 e. The Balaban J connectivity index is 2.12. The van der Waals surface area contributed by atoms with Crippen molar-refractivity contribution in [3.05, 3.63) is 82.3 Å². The minimum atomic E-state index is -0.701. The normalized spacial score (nSPS) is 11.9. The number of hydrogen-bond donors (Lipinski definition) is 3. The first-order valence-corrected chi connectivity index (χ1v) is 7.23. The van der Waals surface area contributed by atoms with Crippen molar-refractivity contribution in [3.8, 4) is 5.75 Å². The SMILES string of the molecule is O=c1cc(CO)oc(C(Nc2ccccn2)c2cccnc2)c1O. The third-order valence-electron chi connectivity index (χ3n) is 3.39. The molecule has 0 aliphatic carbocycles. The maximum Gasteiger partial charge on any atom is 0.227 e. The molecule has 3 heterocycles. The van der Waals surface area contributed by atoms with E-state index in [1.807, 2.05) is 0 Å². The zero-order valence-electron chi connectivity index (χ0n) is 12.6. The Kier molecular flexibility index (Phi) is 4.53. The molecule has 24 heavy (non-hydrogen) atoms. The standard InChI is InChI=1S/C17H15N3O4/c21-10-12-8-13(22)16(23)17(24-12)15(11-4-3-6-18-9-11)20-14-5-1-2-7-19-14/h1-9,15,21,23H,10H2,(H,19,20). The minimum absolute atomic E-state index is 0.00907. The first-order chi connectivity index (χ1) is 11.7. The van der Waals surface area contributed by atoms with Crippen molar-refractivity contribution in [1.82, 2.24) is 9.97 Å². The quantitative estimate of drug-likeness (QED) is 0.656. The van der Waals surface area contributed by atoms with Crippen LogP contribution in [-0.2, 0) is 6.61 Å². The molecule has 0 radical (unpaired) electrons. The van der Waals surface area contributed by atoms with Gasteiger partial charge in [0.1, 0.15) is 24.2 Å². The van der Waals surface area contributed by atoms with E-state index in [-0.39, 0.29) is 11.5 Å². The summed E-state index contributed by atoms with van der Waals surface area (Å²) in [5.41, 5.74) is 0.0358. The topological polar surface area (TPSA) is 108 Å². The molecule has 1 atom stereocenters. The van der Waals surface area contributed by atoms with Gasteiger partial charge in [-0.25, -0.2) is 4.98 Å². The van der Waals surface area contributed by atoms with Crippen LogP contribution in [0.1, 0.15) is 23.1 Å². The molecule has 122 valence electrons. The predicted molar refractivity (Wildman–Crippen MR) is 86.5 cm³/mol. The molecule has 3 rings (SSSR count). The van der Waals surface area contributed by atoms with Crippen LogP contribution in [0, 0.1) is 0 Å². The molecule has 3 aromatic rings. The molecule has 0 bridgehead atoms. The summed E-state index contributed by atoms with van der Waals surface area (Å²) in [7, 11) is 0. The zero-order chi connectivity index (χ0) is 16.9. The lowest BCUT2D eigenvalue weighted by Crippen LogP contribution is -2.17. The Labute approximate surface area is 137 Å². The molecule has 0 fully saturated rings. The summed E-state index contributed by atoms with van der Waals surface area (Å²) in [6.07, 6.45) is 4.82. The number of rotatable bonds is 5. The van der Waals surface area contributed by atoms with E-state index in [1.165, 1.54) is 0 Å². The Morgan fingerprint density at radius 1 is 1.21 bits per heavy atom. The highest BCUT2D eigenvalue weighted by Gasteiger charge is 2.24. The molecule has 0 saturated carbocycles. The molecule has 0 aliphatic heterocycles. The Bertz CT molecular complexity index is 866. The van der Waals surface area contributed by atoms with Crippen molar-refractivity contribution in [2.45, 2.75) is 12.6 Å². The van der Waals surface area contributed by atoms with Gasteiger partial charge < -0.3 is 19.9 Å². The first kappa shape index (κ1) is 15.7. The van der Waals surface area contributed by atoms with E-state index < -0.39 is 23.8 Å². The molecule has 0 saturated heterocycles. The lowest BCUT2D eigenvalue weighted by atomic mass is 10.1. The van der Waals surface area contributed by atoms with Crippen LogP contribution >= 0.6 is 0 Å². The van der Waals surface area contributed by atoms with Crippen molar-refractivity contribution < 1.29 is 14.6 Å². The van der Waals surface area contributed by atoms with Gasteiger partial charge in [-0.1, -0.05) is 12.1 Å². The van der Waals surface area contributed by atoms with Crippen molar-refractivity contribution in [1.29, 1.82) is 0 Å². The fraction of sp³-hybridized carbons (Fsp3) is 0.118. The average molecular weight is 325 g/mol. The van der Waals surface area contributed by atoms with Gasteiger partial charge in [0.15, 0.2) is 5.76 Å². The summed E-state index contributed by atoms with van der Waals surface area (Å²) in [6.45, 7) is -0.453. The summed E-state index contributed by atoms with van der Waals surface area (Å²) in [6, 6.07) is 9.18. The second-order valence-electron chi connectivity index (χ2n) is 5.03. The summed E-state index contributed by atoms with van der Waals surface area (Å²) in [5, 5.41) is 22.5. The molecular formula is C17H15N3O4. The number of aliphatic hydroxyl groups excluding tert-OH is 1. The van der Waals surface area contributed by atoms with Crippen LogP contribution in [0.15, 0.2) is 64.2 Å². The van der Waals surface area contributed by atoms with Crippen molar-refractivity contribution in [2.75, 3.05) is 5.32 Å². The number of pyridine rings is 2. The van der Waals surface area contributed by atoms with Gasteiger partial charge in [0.05, 0.1) is 0 Å². The molecule has 7 heteroatoms. The maximum atomic E-state index is 11.9. The molecule has 0 spiro atoms. The minimum Gasteiger partial charge on any atom is -0.502 e. The number of aromatic hydroxyl groups is 1. The van der Waals surface area contributed by atoms with Crippen LogP contribution in [0.25, 0.3) is 0 Å². The third kappa shape index (κ3) is 3.26. The first-order valence-electron chi connectivity index (χ1n) is 7.23. The molecule has 1 unspecified atom stereocenters. The van der Waals surface area contributed by atoms with Crippen LogP contribution in [0.4, 0.5) is 5.82 Å². The molecular weight excluding hydrogens is 310 g/mol. The summed E-state index contributed by atoms with van der Waals surface area (Å²) in [5.74, 6) is 0.0574. The average Bonchev–Trinajstić information content (AvgIpc) is 2.64. The second kappa shape index (κ2) is 6.93. The molecule has 3 aromatic heterocycles. The van der Waals surface area contributed by atoms with Gasteiger partial charge in [0.25, 0.3) is 0 Å². The monoisotopic (exact) mass is 325 g/mol. The smallest absolute Gasteiger partial charge is 0.227 e. The number of aromatic nitrogens is 2. The van der Waals surface area contributed by atoms with Crippen LogP contribution in [0.2, 0.25) is 0 Å².